The normalized spacial score (nSPS) is 13.5. The van der Waals surface area contributed by atoms with Crippen molar-refractivity contribution in [3.8, 4) is 11.1 Å². The first-order chi connectivity index (χ1) is 22.1. The predicted molar refractivity (Wildman–Crippen MR) is 185 cm³/mol. The second-order valence-electron chi connectivity index (χ2n) is 11.3. The van der Waals surface area contributed by atoms with E-state index in [2.05, 4.69) is 95.9 Å². The van der Waals surface area contributed by atoms with Crippen molar-refractivity contribution in [3.05, 3.63) is 180 Å². The van der Waals surface area contributed by atoms with E-state index in [9.17, 15) is 9.59 Å². The standard InChI is InChI=1S/C42H27NO2/c44-41-38-22-19-34(29-9-3-1-4-10-29)27-39(38)42(45)40(41)24-28-15-16-33-26-37(21-18-32(33)23-28)43(35-13-5-2-6-14-35)36-20-17-30-11-7-8-12-31(30)25-36/h1-27H. The van der Waals surface area contributed by atoms with Crippen LogP contribution in [0.5, 0.6) is 0 Å². The van der Waals surface area contributed by atoms with Gasteiger partial charge in [0.2, 0.25) is 0 Å². The van der Waals surface area contributed by atoms with E-state index in [1.807, 2.05) is 60.7 Å². The number of allylic oxidation sites excluding steroid dienone is 1. The summed E-state index contributed by atoms with van der Waals surface area (Å²) in [6, 6.07) is 53.2. The van der Waals surface area contributed by atoms with Gasteiger partial charge in [0.15, 0.2) is 11.6 Å². The summed E-state index contributed by atoms with van der Waals surface area (Å²) in [5, 5.41) is 4.48. The Kier molecular flexibility index (Phi) is 6.43. The van der Waals surface area contributed by atoms with E-state index >= 15 is 0 Å². The highest BCUT2D eigenvalue weighted by atomic mass is 16.2. The molecule has 8 rings (SSSR count). The van der Waals surface area contributed by atoms with E-state index in [1.165, 1.54) is 10.8 Å². The maximum absolute atomic E-state index is 13.4. The zero-order valence-electron chi connectivity index (χ0n) is 24.4. The number of nitrogens with zero attached hydrogens (tertiary/aromatic N) is 1. The highest BCUT2D eigenvalue weighted by Crippen LogP contribution is 2.38. The molecule has 0 saturated heterocycles. The van der Waals surface area contributed by atoms with Crippen LogP contribution in [0.2, 0.25) is 0 Å². The second-order valence-corrected chi connectivity index (χ2v) is 11.3. The SMILES string of the molecule is O=C1C(=Cc2ccc3cc(N(c4ccccc4)c4ccc5ccccc5c4)ccc3c2)C(=O)c2cc(-c3ccccc3)ccc21. The minimum Gasteiger partial charge on any atom is -0.310 e. The van der Waals surface area contributed by atoms with E-state index in [4.69, 9.17) is 0 Å². The summed E-state index contributed by atoms with van der Waals surface area (Å²) in [5.74, 6) is -0.448. The average Bonchev–Trinajstić information content (AvgIpc) is 3.33. The molecule has 0 aliphatic heterocycles. The third-order valence-corrected chi connectivity index (χ3v) is 8.53. The van der Waals surface area contributed by atoms with Gasteiger partial charge in [-0.25, -0.2) is 0 Å². The first-order valence-electron chi connectivity index (χ1n) is 15.0. The van der Waals surface area contributed by atoms with Crippen LogP contribution in [0, 0.1) is 0 Å². The number of ketones is 2. The van der Waals surface area contributed by atoms with Crippen molar-refractivity contribution in [2.24, 2.45) is 0 Å². The van der Waals surface area contributed by atoms with Gasteiger partial charge in [0.25, 0.3) is 0 Å². The molecule has 45 heavy (non-hydrogen) atoms. The molecule has 0 unspecified atom stereocenters. The third-order valence-electron chi connectivity index (χ3n) is 8.53. The number of hydrogen-bond donors (Lipinski definition) is 0. The van der Waals surface area contributed by atoms with Gasteiger partial charge in [-0.15, -0.1) is 0 Å². The Morgan fingerprint density at radius 2 is 0.978 bits per heavy atom. The minimum atomic E-state index is -0.225. The van der Waals surface area contributed by atoms with Crippen molar-refractivity contribution < 1.29 is 9.59 Å². The molecule has 0 amide bonds. The number of carbonyl (C=O) groups excluding carboxylic acids is 2. The van der Waals surface area contributed by atoms with Crippen molar-refractivity contribution in [3.63, 3.8) is 0 Å². The molecule has 0 aromatic heterocycles. The molecule has 0 spiro atoms. The number of carbonyl (C=O) groups is 2. The van der Waals surface area contributed by atoms with Crippen LogP contribution in [0.15, 0.2) is 163 Å². The fourth-order valence-corrected chi connectivity index (χ4v) is 6.25. The van der Waals surface area contributed by atoms with Crippen LogP contribution in [0.1, 0.15) is 26.3 Å². The van der Waals surface area contributed by atoms with Gasteiger partial charge in [-0.3, -0.25) is 9.59 Å². The molecule has 0 bridgehead atoms. The van der Waals surface area contributed by atoms with Gasteiger partial charge in [-0.1, -0.05) is 103 Å². The Morgan fingerprint density at radius 1 is 0.400 bits per heavy atom. The Balaban J connectivity index is 1.14. The molecule has 0 radical (unpaired) electrons. The van der Waals surface area contributed by atoms with Crippen LogP contribution in [-0.2, 0) is 0 Å². The average molecular weight is 578 g/mol. The zero-order chi connectivity index (χ0) is 30.3. The largest absolute Gasteiger partial charge is 0.310 e. The van der Waals surface area contributed by atoms with Crippen LogP contribution in [-0.4, -0.2) is 11.6 Å². The van der Waals surface area contributed by atoms with E-state index < -0.39 is 0 Å². The molecule has 0 atom stereocenters. The van der Waals surface area contributed by atoms with Gasteiger partial charge in [0, 0.05) is 28.2 Å². The van der Waals surface area contributed by atoms with E-state index in [-0.39, 0.29) is 17.1 Å². The molecule has 7 aromatic rings. The number of Topliss-reactive ketones (excluding diaryl/α,β-unsaturated/α-hetero) is 2. The molecule has 7 aromatic carbocycles. The van der Waals surface area contributed by atoms with Crippen LogP contribution in [0.4, 0.5) is 17.1 Å². The summed E-state index contributed by atoms with van der Waals surface area (Å²) >= 11 is 0. The minimum absolute atomic E-state index is 0.206. The zero-order valence-corrected chi connectivity index (χ0v) is 24.4. The van der Waals surface area contributed by atoms with E-state index in [0.717, 1.165) is 44.5 Å². The highest BCUT2D eigenvalue weighted by molar-refractivity contribution is 6.41. The van der Waals surface area contributed by atoms with Crippen molar-refractivity contribution in [1.82, 2.24) is 0 Å². The smallest absolute Gasteiger partial charge is 0.197 e. The predicted octanol–water partition coefficient (Wildman–Crippen LogP) is 10.6. The van der Waals surface area contributed by atoms with Crippen molar-refractivity contribution in [1.29, 1.82) is 0 Å². The van der Waals surface area contributed by atoms with Crippen LogP contribution >= 0.6 is 0 Å². The summed E-state index contributed by atoms with van der Waals surface area (Å²) in [7, 11) is 0. The topological polar surface area (TPSA) is 37.4 Å². The number of anilines is 3. The van der Waals surface area contributed by atoms with Gasteiger partial charge < -0.3 is 4.90 Å². The second kappa shape index (κ2) is 10.9. The van der Waals surface area contributed by atoms with Crippen LogP contribution in [0.3, 0.4) is 0 Å². The maximum Gasteiger partial charge on any atom is 0.197 e. The van der Waals surface area contributed by atoms with E-state index in [1.54, 1.807) is 12.1 Å². The molecule has 212 valence electrons. The van der Waals surface area contributed by atoms with Gasteiger partial charge >= 0.3 is 0 Å². The fourth-order valence-electron chi connectivity index (χ4n) is 6.25. The number of rotatable bonds is 5. The van der Waals surface area contributed by atoms with Crippen LogP contribution < -0.4 is 4.90 Å². The number of hydrogen-bond acceptors (Lipinski definition) is 3. The quantitative estimate of drug-likeness (QED) is 0.151. The molecule has 0 N–H and O–H groups in total. The van der Waals surface area contributed by atoms with Crippen molar-refractivity contribution in [2.75, 3.05) is 4.90 Å². The van der Waals surface area contributed by atoms with Crippen molar-refractivity contribution >= 4 is 56.2 Å². The molecule has 0 heterocycles. The first-order valence-corrected chi connectivity index (χ1v) is 15.0. The lowest BCUT2D eigenvalue weighted by atomic mass is 10.0. The Bertz CT molecular complexity index is 2300. The molecule has 3 nitrogen and oxygen atoms in total. The number of benzene rings is 7. The molecule has 0 fully saturated rings. The fraction of sp³-hybridized carbons (Fsp3) is 0. The van der Waals surface area contributed by atoms with Crippen molar-refractivity contribution in [2.45, 2.75) is 0 Å². The molecule has 1 aliphatic carbocycles. The summed E-state index contributed by atoms with van der Waals surface area (Å²) in [4.78, 5) is 29.0. The summed E-state index contributed by atoms with van der Waals surface area (Å²) in [6.45, 7) is 0. The lowest BCUT2D eigenvalue weighted by molar-refractivity contribution is 0.0990. The summed E-state index contributed by atoms with van der Waals surface area (Å²) in [5.41, 5.74) is 7.08. The molecule has 3 heteroatoms. The van der Waals surface area contributed by atoms with Gasteiger partial charge in [-0.05, 0) is 98.9 Å². The van der Waals surface area contributed by atoms with Crippen LogP contribution in [0.25, 0.3) is 38.7 Å². The summed E-state index contributed by atoms with van der Waals surface area (Å²) in [6.07, 6.45) is 1.73. The van der Waals surface area contributed by atoms with Gasteiger partial charge in [0.05, 0.1) is 5.57 Å². The molecular formula is C42H27NO2. The Hall–Kier alpha value is -6.06. The molecule has 0 saturated carbocycles. The molecular weight excluding hydrogens is 550 g/mol. The first kappa shape index (κ1) is 26.6. The van der Waals surface area contributed by atoms with Gasteiger partial charge in [-0.2, -0.15) is 0 Å². The summed E-state index contributed by atoms with van der Waals surface area (Å²) < 4.78 is 0. The lowest BCUT2D eigenvalue weighted by Crippen LogP contribution is -2.09. The lowest BCUT2D eigenvalue weighted by Gasteiger charge is -2.26. The highest BCUT2D eigenvalue weighted by Gasteiger charge is 2.33. The third kappa shape index (κ3) is 4.81. The Morgan fingerprint density at radius 3 is 1.73 bits per heavy atom. The Labute approximate surface area is 261 Å². The number of para-hydroxylation sites is 1. The molecule has 1 aliphatic rings. The monoisotopic (exact) mass is 577 g/mol. The number of fused-ring (bicyclic) bond motifs is 3. The maximum atomic E-state index is 13.4. The van der Waals surface area contributed by atoms with Gasteiger partial charge in [0.1, 0.15) is 0 Å². The van der Waals surface area contributed by atoms with E-state index in [0.29, 0.717) is 11.1 Å².